The molecule has 2 aromatic rings. The van der Waals surface area contributed by atoms with Crippen LogP contribution < -0.4 is 10.1 Å². The lowest BCUT2D eigenvalue weighted by molar-refractivity contribution is -0.112. The summed E-state index contributed by atoms with van der Waals surface area (Å²) in [5.74, 6) is 0.402. The second-order valence-electron chi connectivity index (χ2n) is 5.19. The number of halogens is 2. The molecule has 0 aliphatic rings. The zero-order valence-corrected chi connectivity index (χ0v) is 18.1. The van der Waals surface area contributed by atoms with Gasteiger partial charge in [0.15, 0.2) is 0 Å². The zero-order valence-electron chi connectivity index (χ0n) is 13.8. The highest BCUT2D eigenvalue weighted by atomic mass is 127. The van der Waals surface area contributed by atoms with Crippen LogP contribution in [0, 0.1) is 25.4 Å². The fraction of sp³-hybridized carbons (Fsp3) is 0.158. The summed E-state index contributed by atoms with van der Waals surface area (Å²) in [6.07, 6.45) is 1.59. The van der Waals surface area contributed by atoms with Gasteiger partial charge in [0.05, 0.1) is 13.7 Å². The normalized spacial score (nSPS) is 10.9. The molecule has 0 unspecified atom stereocenters. The summed E-state index contributed by atoms with van der Waals surface area (Å²) in [4.78, 5) is 12.4. The molecule has 0 bridgehead atoms. The Morgan fingerprint density at radius 1 is 1.28 bits per heavy atom. The lowest BCUT2D eigenvalue weighted by atomic mass is 10.1. The van der Waals surface area contributed by atoms with Crippen LogP contribution in [-0.2, 0) is 4.79 Å². The summed E-state index contributed by atoms with van der Waals surface area (Å²) in [5, 5.41) is 12.2. The number of aryl methyl sites for hydroxylation is 1. The first-order valence-corrected chi connectivity index (χ1v) is 9.72. The maximum atomic E-state index is 12.4. The molecule has 0 atom stereocenters. The molecule has 1 N–H and O–H groups in total. The number of hydrogen-bond acceptors (Lipinski definition) is 3. The SMILES string of the molecule is CCOc1c(I)cc(/C=C(/C#N)C(=O)Nc2ccccc2C)cc1I. The van der Waals surface area contributed by atoms with Gasteiger partial charge in [-0.25, -0.2) is 0 Å². The van der Waals surface area contributed by atoms with E-state index < -0.39 is 5.91 Å². The lowest BCUT2D eigenvalue weighted by Gasteiger charge is -2.10. The van der Waals surface area contributed by atoms with Gasteiger partial charge in [0.25, 0.3) is 5.91 Å². The molecule has 0 heterocycles. The van der Waals surface area contributed by atoms with Gasteiger partial charge in [-0.1, -0.05) is 18.2 Å². The lowest BCUT2D eigenvalue weighted by Crippen LogP contribution is -2.14. The molecule has 0 fully saturated rings. The fourth-order valence-corrected chi connectivity index (χ4v) is 4.29. The van der Waals surface area contributed by atoms with Crippen molar-refractivity contribution in [1.82, 2.24) is 0 Å². The van der Waals surface area contributed by atoms with Crippen molar-refractivity contribution in [1.29, 1.82) is 5.26 Å². The summed E-state index contributed by atoms with van der Waals surface area (Å²) in [6.45, 7) is 4.43. The molecule has 0 aliphatic carbocycles. The Labute approximate surface area is 174 Å². The van der Waals surface area contributed by atoms with Gasteiger partial charge in [0, 0.05) is 5.69 Å². The average molecular weight is 558 g/mol. The Hall–Kier alpha value is -1.60. The van der Waals surface area contributed by atoms with Crippen molar-refractivity contribution < 1.29 is 9.53 Å². The maximum Gasteiger partial charge on any atom is 0.266 e. The molecule has 0 radical (unpaired) electrons. The quantitative estimate of drug-likeness (QED) is 0.314. The molecule has 4 nitrogen and oxygen atoms in total. The number of ether oxygens (including phenoxy) is 1. The second kappa shape index (κ2) is 9.20. The smallest absolute Gasteiger partial charge is 0.266 e. The molecule has 25 heavy (non-hydrogen) atoms. The van der Waals surface area contributed by atoms with E-state index in [2.05, 4.69) is 50.5 Å². The van der Waals surface area contributed by atoms with Crippen LogP contribution in [0.15, 0.2) is 42.0 Å². The van der Waals surface area contributed by atoms with Crippen molar-refractivity contribution >= 4 is 62.9 Å². The minimum absolute atomic E-state index is 0.0546. The first kappa shape index (κ1) is 19.7. The number of anilines is 1. The number of carbonyl (C=O) groups is 1. The number of benzene rings is 2. The van der Waals surface area contributed by atoms with Gasteiger partial charge in [-0.2, -0.15) is 5.26 Å². The van der Waals surface area contributed by atoms with Gasteiger partial charge < -0.3 is 10.1 Å². The van der Waals surface area contributed by atoms with Crippen LogP contribution >= 0.6 is 45.2 Å². The number of rotatable bonds is 5. The first-order valence-electron chi connectivity index (χ1n) is 7.57. The second-order valence-corrected chi connectivity index (χ2v) is 7.51. The van der Waals surface area contributed by atoms with Crippen molar-refractivity contribution in [2.45, 2.75) is 13.8 Å². The van der Waals surface area contributed by atoms with Crippen LogP contribution in [0.4, 0.5) is 5.69 Å². The summed E-state index contributed by atoms with van der Waals surface area (Å²) in [6, 6.07) is 13.2. The van der Waals surface area contributed by atoms with E-state index in [-0.39, 0.29) is 5.57 Å². The van der Waals surface area contributed by atoms with Crippen molar-refractivity contribution in [2.75, 3.05) is 11.9 Å². The molecular weight excluding hydrogens is 542 g/mol. The van der Waals surface area contributed by atoms with Gasteiger partial charge in [-0.15, -0.1) is 0 Å². The molecule has 2 aromatic carbocycles. The third-order valence-corrected chi connectivity index (χ3v) is 4.98. The first-order chi connectivity index (χ1) is 12.0. The van der Waals surface area contributed by atoms with Crippen LogP contribution in [0.25, 0.3) is 6.08 Å². The summed E-state index contributed by atoms with van der Waals surface area (Å²) in [7, 11) is 0. The molecule has 0 aromatic heterocycles. The number of nitrogens with one attached hydrogen (secondary N) is 1. The molecule has 0 aliphatic heterocycles. The van der Waals surface area contributed by atoms with E-state index >= 15 is 0 Å². The number of amides is 1. The van der Waals surface area contributed by atoms with E-state index in [1.807, 2.05) is 56.3 Å². The fourth-order valence-electron chi connectivity index (χ4n) is 2.16. The van der Waals surface area contributed by atoms with Crippen LogP contribution in [0.5, 0.6) is 5.75 Å². The Morgan fingerprint density at radius 3 is 2.48 bits per heavy atom. The van der Waals surface area contributed by atoms with Gasteiger partial charge in [0.2, 0.25) is 0 Å². The zero-order chi connectivity index (χ0) is 18.4. The Balaban J connectivity index is 2.30. The monoisotopic (exact) mass is 558 g/mol. The van der Waals surface area contributed by atoms with Crippen molar-refractivity contribution in [3.63, 3.8) is 0 Å². The van der Waals surface area contributed by atoms with Crippen LogP contribution in [0.1, 0.15) is 18.1 Å². The van der Waals surface area contributed by atoms with E-state index in [0.29, 0.717) is 12.3 Å². The molecule has 6 heteroatoms. The van der Waals surface area contributed by atoms with Gasteiger partial charge in [-0.05, 0) is 94.4 Å². The highest BCUT2D eigenvalue weighted by molar-refractivity contribution is 14.1. The standard InChI is InChI=1S/C19H16I2N2O2/c1-3-25-18-15(20)9-13(10-16(18)21)8-14(11-22)19(24)23-17-7-5-4-6-12(17)2/h4-10H,3H2,1-2H3,(H,23,24)/b14-8-. The number of carbonyl (C=O) groups excluding carboxylic acids is 1. The van der Waals surface area contributed by atoms with E-state index in [1.165, 1.54) is 0 Å². The Morgan fingerprint density at radius 2 is 1.92 bits per heavy atom. The predicted octanol–water partition coefficient (Wildman–Crippen LogP) is 5.15. The molecule has 1 amide bonds. The number of para-hydroxylation sites is 1. The summed E-state index contributed by atoms with van der Waals surface area (Å²) in [5.41, 5.74) is 2.48. The predicted molar refractivity (Wildman–Crippen MR) is 116 cm³/mol. The third-order valence-electron chi connectivity index (χ3n) is 3.38. The molecule has 0 spiro atoms. The summed E-state index contributed by atoms with van der Waals surface area (Å²) >= 11 is 4.38. The topological polar surface area (TPSA) is 62.1 Å². The van der Waals surface area contributed by atoms with E-state index in [0.717, 1.165) is 24.0 Å². The van der Waals surface area contributed by atoms with Crippen LogP contribution in [0.3, 0.4) is 0 Å². The molecular formula is C19H16I2N2O2. The van der Waals surface area contributed by atoms with E-state index in [9.17, 15) is 10.1 Å². The summed E-state index contributed by atoms with van der Waals surface area (Å²) < 4.78 is 7.49. The average Bonchev–Trinajstić information content (AvgIpc) is 2.58. The van der Waals surface area contributed by atoms with Gasteiger partial charge >= 0.3 is 0 Å². The Bertz CT molecular complexity index is 847. The molecule has 128 valence electrons. The molecule has 2 rings (SSSR count). The minimum atomic E-state index is -0.421. The maximum absolute atomic E-state index is 12.4. The van der Waals surface area contributed by atoms with Gasteiger partial charge in [0.1, 0.15) is 17.4 Å². The highest BCUT2D eigenvalue weighted by Gasteiger charge is 2.13. The van der Waals surface area contributed by atoms with Crippen molar-refractivity contribution in [3.8, 4) is 11.8 Å². The highest BCUT2D eigenvalue weighted by Crippen LogP contribution is 2.30. The Kier molecular flexibility index (Phi) is 7.25. The van der Waals surface area contributed by atoms with Gasteiger partial charge in [-0.3, -0.25) is 4.79 Å². The number of nitrogens with zero attached hydrogens (tertiary/aromatic N) is 1. The van der Waals surface area contributed by atoms with Crippen LogP contribution in [0.2, 0.25) is 0 Å². The van der Waals surface area contributed by atoms with Crippen LogP contribution in [-0.4, -0.2) is 12.5 Å². The molecule has 0 saturated heterocycles. The number of hydrogen-bond donors (Lipinski definition) is 1. The van der Waals surface area contributed by atoms with E-state index in [1.54, 1.807) is 6.08 Å². The van der Waals surface area contributed by atoms with Crippen molar-refractivity contribution in [3.05, 3.63) is 60.2 Å². The minimum Gasteiger partial charge on any atom is -0.492 e. The van der Waals surface area contributed by atoms with E-state index in [4.69, 9.17) is 4.74 Å². The van der Waals surface area contributed by atoms with Crippen molar-refractivity contribution in [2.24, 2.45) is 0 Å². The number of nitriles is 1. The molecule has 0 saturated carbocycles. The third kappa shape index (κ3) is 5.19. The largest absolute Gasteiger partial charge is 0.492 e.